The van der Waals surface area contributed by atoms with Gasteiger partial charge in [-0.3, -0.25) is 19.6 Å². The molecule has 120 valence electrons. The fourth-order valence-corrected chi connectivity index (χ4v) is 3.42. The van der Waals surface area contributed by atoms with E-state index in [1.54, 1.807) is 30.8 Å². The van der Waals surface area contributed by atoms with E-state index in [0.717, 1.165) is 25.1 Å². The van der Waals surface area contributed by atoms with Crippen molar-refractivity contribution in [3.63, 3.8) is 0 Å². The van der Waals surface area contributed by atoms with Crippen LogP contribution in [-0.4, -0.2) is 33.2 Å². The Morgan fingerprint density at radius 3 is 3.04 bits per heavy atom. The summed E-state index contributed by atoms with van der Waals surface area (Å²) < 4.78 is 0. The van der Waals surface area contributed by atoms with E-state index in [9.17, 15) is 9.59 Å². The predicted octanol–water partition coefficient (Wildman–Crippen LogP) is 2.15. The van der Waals surface area contributed by atoms with Gasteiger partial charge in [-0.05, 0) is 24.3 Å². The zero-order valence-electron chi connectivity index (χ0n) is 12.9. The van der Waals surface area contributed by atoms with Crippen LogP contribution in [0.2, 0.25) is 0 Å². The Morgan fingerprint density at radius 2 is 2.30 bits per heavy atom. The molecule has 2 aromatic heterocycles. The maximum atomic E-state index is 12.0. The number of nitrogens with zero attached hydrogens (tertiary/aromatic N) is 3. The summed E-state index contributed by atoms with van der Waals surface area (Å²) in [6.45, 7) is 2.67. The molecule has 0 spiro atoms. The molecule has 7 heteroatoms. The third-order valence-corrected chi connectivity index (χ3v) is 4.60. The van der Waals surface area contributed by atoms with Gasteiger partial charge < -0.3 is 10.2 Å². The van der Waals surface area contributed by atoms with Crippen molar-refractivity contribution in [3.8, 4) is 0 Å². The van der Waals surface area contributed by atoms with Crippen LogP contribution < -0.4 is 5.32 Å². The van der Waals surface area contributed by atoms with Gasteiger partial charge in [0, 0.05) is 24.4 Å². The minimum atomic E-state index is -0.121. The average molecular weight is 330 g/mol. The van der Waals surface area contributed by atoms with Crippen LogP contribution in [0.25, 0.3) is 0 Å². The molecule has 1 aliphatic heterocycles. The van der Waals surface area contributed by atoms with E-state index in [1.807, 2.05) is 10.3 Å². The zero-order valence-corrected chi connectivity index (χ0v) is 13.7. The molecule has 6 nitrogen and oxygen atoms in total. The number of likely N-dealkylation sites (tertiary alicyclic amines) is 1. The molecule has 0 aromatic carbocycles. The van der Waals surface area contributed by atoms with E-state index in [2.05, 4.69) is 15.3 Å². The maximum Gasteiger partial charge on any atom is 0.252 e. The monoisotopic (exact) mass is 330 g/mol. The zero-order chi connectivity index (χ0) is 16.2. The second-order valence-corrected chi connectivity index (χ2v) is 6.28. The van der Waals surface area contributed by atoms with Crippen LogP contribution >= 0.6 is 11.3 Å². The van der Waals surface area contributed by atoms with Crippen molar-refractivity contribution in [1.82, 2.24) is 20.2 Å². The molecule has 3 heterocycles. The summed E-state index contributed by atoms with van der Waals surface area (Å²) >= 11 is 1.49. The third-order valence-electron chi connectivity index (χ3n) is 3.92. The van der Waals surface area contributed by atoms with Crippen LogP contribution in [0.3, 0.4) is 0 Å². The Labute approximate surface area is 138 Å². The van der Waals surface area contributed by atoms with Crippen molar-refractivity contribution in [2.45, 2.75) is 32.4 Å². The number of aromatic nitrogens is 2. The van der Waals surface area contributed by atoms with Gasteiger partial charge in [-0.1, -0.05) is 0 Å². The number of carbonyl (C=O) groups is 2. The molecule has 23 heavy (non-hydrogen) atoms. The summed E-state index contributed by atoms with van der Waals surface area (Å²) in [5, 5.41) is 6.51. The minimum absolute atomic E-state index is 0.00692. The fourth-order valence-electron chi connectivity index (χ4n) is 2.79. The summed E-state index contributed by atoms with van der Waals surface area (Å²) in [6.07, 6.45) is 5.23. The van der Waals surface area contributed by atoms with Crippen molar-refractivity contribution in [2.24, 2.45) is 0 Å². The molecule has 0 radical (unpaired) electrons. The molecule has 1 N–H and O–H groups in total. The molecule has 1 atom stereocenters. The van der Waals surface area contributed by atoms with Crippen LogP contribution in [-0.2, 0) is 11.3 Å². The van der Waals surface area contributed by atoms with E-state index in [4.69, 9.17) is 0 Å². The molecule has 1 saturated heterocycles. The highest BCUT2D eigenvalue weighted by atomic mass is 32.1. The highest BCUT2D eigenvalue weighted by Crippen LogP contribution is 2.30. The molecule has 3 rings (SSSR count). The van der Waals surface area contributed by atoms with Gasteiger partial charge in [0.05, 0.1) is 36.4 Å². The molecule has 0 saturated carbocycles. The van der Waals surface area contributed by atoms with Crippen LogP contribution in [0, 0.1) is 0 Å². The Morgan fingerprint density at radius 1 is 1.43 bits per heavy atom. The topological polar surface area (TPSA) is 75.2 Å². The Balaban J connectivity index is 1.68. The van der Waals surface area contributed by atoms with Crippen molar-refractivity contribution in [1.29, 1.82) is 0 Å². The van der Waals surface area contributed by atoms with Crippen LogP contribution in [0.15, 0.2) is 29.2 Å². The summed E-state index contributed by atoms with van der Waals surface area (Å²) in [5.74, 6) is -0.0601. The molecule has 2 aromatic rings. The second kappa shape index (κ2) is 6.87. The lowest BCUT2D eigenvalue weighted by Gasteiger charge is -2.22. The van der Waals surface area contributed by atoms with E-state index < -0.39 is 0 Å². The summed E-state index contributed by atoms with van der Waals surface area (Å²) in [4.78, 5) is 34.3. The standard InChI is InChI=1S/C16H18N4O2S/c1-11(21)20-5-2-3-15(20)14-9-17-7-13(19-14)8-18-16(22)12-4-6-23-10-12/h4,6-7,9-10,15H,2-3,5,8H2,1H3,(H,18,22)/t15-/m0/s1. The van der Waals surface area contributed by atoms with Gasteiger partial charge in [-0.2, -0.15) is 11.3 Å². The Hall–Kier alpha value is -2.28. The normalized spacial score (nSPS) is 17.3. The van der Waals surface area contributed by atoms with Crippen LogP contribution in [0.1, 0.15) is 47.6 Å². The number of carbonyl (C=O) groups excluding carboxylic acids is 2. The SMILES string of the molecule is CC(=O)N1CCC[C@H]1c1cncc(CNC(=O)c2ccsc2)n1. The Bertz CT molecular complexity index is 702. The largest absolute Gasteiger partial charge is 0.346 e. The van der Waals surface area contributed by atoms with Crippen molar-refractivity contribution >= 4 is 23.2 Å². The summed E-state index contributed by atoms with van der Waals surface area (Å²) in [7, 11) is 0. The highest BCUT2D eigenvalue weighted by molar-refractivity contribution is 7.08. The van der Waals surface area contributed by atoms with Gasteiger partial charge in [0.25, 0.3) is 5.91 Å². The molecular formula is C16H18N4O2S. The quantitative estimate of drug-likeness (QED) is 0.932. The third kappa shape index (κ3) is 3.56. The molecule has 0 bridgehead atoms. The average Bonchev–Trinajstić information content (AvgIpc) is 3.23. The van der Waals surface area contributed by atoms with Gasteiger partial charge in [0.2, 0.25) is 5.91 Å². The van der Waals surface area contributed by atoms with E-state index >= 15 is 0 Å². The lowest BCUT2D eigenvalue weighted by Crippen LogP contribution is -2.29. The number of thiophene rings is 1. The van der Waals surface area contributed by atoms with Gasteiger partial charge in [-0.25, -0.2) is 0 Å². The first-order valence-corrected chi connectivity index (χ1v) is 8.48. The lowest BCUT2D eigenvalue weighted by molar-refractivity contribution is -0.129. The predicted molar refractivity (Wildman–Crippen MR) is 86.9 cm³/mol. The van der Waals surface area contributed by atoms with Crippen molar-refractivity contribution < 1.29 is 9.59 Å². The van der Waals surface area contributed by atoms with Gasteiger partial charge in [0.15, 0.2) is 0 Å². The molecule has 2 amide bonds. The number of hydrogen-bond acceptors (Lipinski definition) is 5. The van der Waals surface area contributed by atoms with Crippen molar-refractivity contribution in [2.75, 3.05) is 6.54 Å². The summed E-state index contributed by atoms with van der Waals surface area (Å²) in [5.41, 5.74) is 2.14. The van der Waals surface area contributed by atoms with E-state index in [-0.39, 0.29) is 17.9 Å². The number of rotatable bonds is 4. The first-order chi connectivity index (χ1) is 11.1. The molecule has 1 aliphatic rings. The van der Waals surface area contributed by atoms with Gasteiger partial charge >= 0.3 is 0 Å². The van der Waals surface area contributed by atoms with Gasteiger partial charge in [0.1, 0.15) is 0 Å². The first kappa shape index (κ1) is 15.6. The van der Waals surface area contributed by atoms with Gasteiger partial charge in [-0.15, -0.1) is 0 Å². The fraction of sp³-hybridized carbons (Fsp3) is 0.375. The molecule has 0 unspecified atom stereocenters. The highest BCUT2D eigenvalue weighted by Gasteiger charge is 2.29. The minimum Gasteiger partial charge on any atom is -0.346 e. The maximum absolute atomic E-state index is 12.0. The van der Waals surface area contributed by atoms with Crippen molar-refractivity contribution in [3.05, 3.63) is 46.2 Å². The number of nitrogens with one attached hydrogen (secondary N) is 1. The van der Waals surface area contributed by atoms with E-state index in [0.29, 0.717) is 17.8 Å². The van der Waals surface area contributed by atoms with Crippen LogP contribution in [0.4, 0.5) is 0 Å². The lowest BCUT2D eigenvalue weighted by atomic mass is 10.1. The second-order valence-electron chi connectivity index (χ2n) is 5.50. The molecular weight excluding hydrogens is 312 g/mol. The molecule has 1 fully saturated rings. The number of amides is 2. The molecule has 0 aliphatic carbocycles. The summed E-state index contributed by atoms with van der Waals surface area (Å²) in [6, 6.07) is 1.78. The van der Waals surface area contributed by atoms with E-state index in [1.165, 1.54) is 11.3 Å². The first-order valence-electron chi connectivity index (χ1n) is 7.53. The Kier molecular flexibility index (Phi) is 4.66. The smallest absolute Gasteiger partial charge is 0.252 e. The number of hydrogen-bond donors (Lipinski definition) is 1. The van der Waals surface area contributed by atoms with Crippen LogP contribution in [0.5, 0.6) is 0 Å².